The molecule has 0 saturated heterocycles. The summed E-state index contributed by atoms with van der Waals surface area (Å²) in [6, 6.07) is 6.67. The van der Waals surface area contributed by atoms with E-state index in [1.54, 1.807) is 24.3 Å². The molecular weight excluding hydrogens is 329 g/mol. The lowest BCUT2D eigenvalue weighted by molar-refractivity contribution is -0.157. The Labute approximate surface area is 136 Å². The van der Waals surface area contributed by atoms with Crippen LogP contribution in [0.2, 0.25) is 0 Å². The van der Waals surface area contributed by atoms with E-state index in [9.17, 15) is 22.8 Å². The number of rotatable bonds is 4. The molecule has 0 radical (unpaired) electrons. The van der Waals surface area contributed by atoms with Crippen molar-refractivity contribution in [2.24, 2.45) is 0 Å². The first kappa shape index (κ1) is 17.9. The molecule has 1 aromatic rings. The number of anilines is 1. The largest absolute Gasteiger partial charge is 0.475 e. The summed E-state index contributed by atoms with van der Waals surface area (Å²) in [6.07, 6.45) is -5.42. The maximum Gasteiger partial charge on any atom is 0.406 e. The summed E-state index contributed by atoms with van der Waals surface area (Å²) in [5.74, 6) is -0.969. The van der Waals surface area contributed by atoms with Gasteiger partial charge in [0.15, 0.2) is 0 Å². The topological polar surface area (TPSA) is 59.1 Å². The fraction of sp³-hybridized carbons (Fsp3) is 0.467. The monoisotopic (exact) mass is 346 g/mol. The Bertz CT molecular complexity index is 621. The molecule has 0 aliphatic carbocycles. The van der Waals surface area contributed by atoms with Crippen molar-refractivity contribution in [1.82, 2.24) is 4.90 Å². The van der Waals surface area contributed by atoms with Crippen LogP contribution >= 0.6 is 0 Å². The number of likely N-dealkylation sites (N-methyl/N-ethyl adjacent to an activating group) is 1. The van der Waals surface area contributed by atoms with Crippen molar-refractivity contribution in [3.8, 4) is 5.75 Å². The number of carbonyl (C=O) groups is 2. The van der Waals surface area contributed by atoms with Gasteiger partial charge in [-0.05, 0) is 12.1 Å². The zero-order valence-electron chi connectivity index (χ0n) is 13.2. The quantitative estimate of drug-likeness (QED) is 0.773. The summed E-state index contributed by atoms with van der Waals surface area (Å²) in [7, 11) is 2.29. The minimum atomic E-state index is -4.47. The highest BCUT2D eigenvalue weighted by Crippen LogP contribution is 2.33. The average Bonchev–Trinajstić information content (AvgIpc) is 2.52. The van der Waals surface area contributed by atoms with Crippen LogP contribution in [-0.2, 0) is 14.3 Å². The second-order valence-corrected chi connectivity index (χ2v) is 5.34. The highest BCUT2D eigenvalue weighted by atomic mass is 19.4. The first-order valence-electron chi connectivity index (χ1n) is 7.10. The van der Waals surface area contributed by atoms with Crippen LogP contribution in [0, 0.1) is 0 Å². The third-order valence-electron chi connectivity index (χ3n) is 3.49. The maximum absolute atomic E-state index is 12.4. The molecule has 0 aromatic heterocycles. The van der Waals surface area contributed by atoms with Gasteiger partial charge in [0.2, 0.25) is 12.0 Å². The highest BCUT2D eigenvalue weighted by Gasteiger charge is 2.35. The van der Waals surface area contributed by atoms with Crippen LogP contribution in [-0.4, -0.2) is 62.8 Å². The van der Waals surface area contributed by atoms with Gasteiger partial charge in [-0.2, -0.15) is 13.2 Å². The Balaban J connectivity index is 2.15. The molecule has 1 unspecified atom stereocenters. The van der Waals surface area contributed by atoms with Crippen molar-refractivity contribution < 1.29 is 32.2 Å². The smallest absolute Gasteiger partial charge is 0.406 e. The minimum Gasteiger partial charge on any atom is -0.475 e. The molecule has 2 rings (SSSR count). The Kier molecular flexibility index (Phi) is 5.20. The average molecular weight is 346 g/mol. The molecule has 9 heteroatoms. The molecule has 1 atom stereocenters. The SMILES string of the molecule is COC(=O)C1CN(CC(=O)N(C)CC(F)(F)F)c2ccccc2O1. The Morgan fingerprint density at radius 1 is 1.38 bits per heavy atom. The number of ether oxygens (including phenoxy) is 2. The number of amides is 1. The number of benzene rings is 1. The summed E-state index contributed by atoms with van der Waals surface area (Å²) >= 11 is 0. The third kappa shape index (κ3) is 4.30. The van der Waals surface area contributed by atoms with E-state index in [1.165, 1.54) is 12.0 Å². The standard InChI is InChI=1S/C15H17F3N2O4/c1-19(9-15(16,17)18)13(21)8-20-7-12(14(22)23-2)24-11-6-4-3-5-10(11)20/h3-6,12H,7-9H2,1-2H3. The number of alkyl halides is 3. The fourth-order valence-corrected chi connectivity index (χ4v) is 2.35. The Morgan fingerprint density at radius 3 is 2.67 bits per heavy atom. The van der Waals surface area contributed by atoms with Gasteiger partial charge in [0.1, 0.15) is 12.3 Å². The molecule has 1 heterocycles. The van der Waals surface area contributed by atoms with Crippen LogP contribution < -0.4 is 9.64 Å². The van der Waals surface area contributed by atoms with E-state index in [0.717, 1.165) is 7.05 Å². The van der Waals surface area contributed by atoms with Gasteiger partial charge in [-0.15, -0.1) is 0 Å². The summed E-state index contributed by atoms with van der Waals surface area (Å²) in [6.45, 7) is -1.63. The first-order chi connectivity index (χ1) is 11.2. The second kappa shape index (κ2) is 6.98. The van der Waals surface area contributed by atoms with Gasteiger partial charge < -0.3 is 19.3 Å². The first-order valence-corrected chi connectivity index (χ1v) is 7.10. The zero-order valence-corrected chi connectivity index (χ0v) is 13.2. The summed E-state index contributed by atoms with van der Waals surface area (Å²) in [5, 5.41) is 0. The van der Waals surface area contributed by atoms with Gasteiger partial charge in [0.25, 0.3) is 0 Å². The lowest BCUT2D eigenvalue weighted by Gasteiger charge is -2.35. The lowest BCUT2D eigenvalue weighted by Crippen LogP contribution is -2.49. The number of para-hydroxylation sites is 2. The molecule has 24 heavy (non-hydrogen) atoms. The van der Waals surface area contributed by atoms with Crippen molar-refractivity contribution >= 4 is 17.6 Å². The van der Waals surface area contributed by atoms with Gasteiger partial charge in [0.05, 0.1) is 25.9 Å². The second-order valence-electron chi connectivity index (χ2n) is 5.34. The predicted molar refractivity (Wildman–Crippen MR) is 78.8 cm³/mol. The van der Waals surface area contributed by atoms with Crippen molar-refractivity contribution in [2.75, 3.05) is 38.7 Å². The molecule has 0 N–H and O–H groups in total. The Morgan fingerprint density at radius 2 is 2.04 bits per heavy atom. The molecule has 1 aliphatic rings. The van der Waals surface area contributed by atoms with E-state index in [-0.39, 0.29) is 13.1 Å². The van der Waals surface area contributed by atoms with E-state index < -0.39 is 30.7 Å². The van der Waals surface area contributed by atoms with E-state index in [0.29, 0.717) is 16.3 Å². The number of hydrogen-bond donors (Lipinski definition) is 0. The van der Waals surface area contributed by atoms with Crippen LogP contribution in [0.1, 0.15) is 0 Å². The third-order valence-corrected chi connectivity index (χ3v) is 3.49. The highest BCUT2D eigenvalue weighted by molar-refractivity contribution is 5.84. The van der Waals surface area contributed by atoms with Gasteiger partial charge in [-0.3, -0.25) is 4.79 Å². The summed E-state index contributed by atoms with van der Waals surface area (Å²) in [4.78, 5) is 25.9. The van der Waals surface area contributed by atoms with Crippen LogP contribution in [0.25, 0.3) is 0 Å². The molecule has 0 bridgehead atoms. The van der Waals surface area contributed by atoms with Gasteiger partial charge >= 0.3 is 12.1 Å². The molecular formula is C15H17F3N2O4. The molecule has 1 aromatic carbocycles. The normalized spacial score (nSPS) is 16.9. The predicted octanol–water partition coefficient (Wildman–Crippen LogP) is 1.45. The molecule has 1 aliphatic heterocycles. The number of fused-ring (bicyclic) bond motifs is 1. The number of hydrogen-bond acceptors (Lipinski definition) is 5. The maximum atomic E-state index is 12.4. The van der Waals surface area contributed by atoms with Crippen molar-refractivity contribution in [3.63, 3.8) is 0 Å². The van der Waals surface area contributed by atoms with E-state index in [2.05, 4.69) is 4.74 Å². The Hall–Kier alpha value is -2.45. The zero-order chi connectivity index (χ0) is 17.9. The molecule has 0 spiro atoms. The van der Waals surface area contributed by atoms with E-state index in [4.69, 9.17) is 4.74 Å². The number of nitrogens with zero attached hydrogens (tertiary/aromatic N) is 2. The van der Waals surface area contributed by atoms with Gasteiger partial charge in [-0.1, -0.05) is 12.1 Å². The van der Waals surface area contributed by atoms with Crippen molar-refractivity contribution in [1.29, 1.82) is 0 Å². The van der Waals surface area contributed by atoms with Crippen molar-refractivity contribution in [3.05, 3.63) is 24.3 Å². The van der Waals surface area contributed by atoms with Crippen molar-refractivity contribution in [2.45, 2.75) is 12.3 Å². The summed E-state index contributed by atoms with van der Waals surface area (Å²) < 4.78 is 47.4. The van der Waals surface area contributed by atoms with Crippen LogP contribution in [0.3, 0.4) is 0 Å². The molecule has 132 valence electrons. The number of carbonyl (C=O) groups excluding carboxylic acids is 2. The fourth-order valence-electron chi connectivity index (χ4n) is 2.35. The summed E-state index contributed by atoms with van der Waals surface area (Å²) in [5.41, 5.74) is 0.534. The van der Waals surface area contributed by atoms with Gasteiger partial charge in [-0.25, -0.2) is 4.79 Å². The molecule has 0 saturated carbocycles. The minimum absolute atomic E-state index is 0.00921. The number of halogens is 3. The van der Waals surface area contributed by atoms with Crippen LogP contribution in [0.4, 0.5) is 18.9 Å². The number of esters is 1. The molecule has 0 fully saturated rings. The molecule has 1 amide bonds. The molecule has 6 nitrogen and oxygen atoms in total. The van der Waals surface area contributed by atoms with E-state index in [1.807, 2.05) is 0 Å². The lowest BCUT2D eigenvalue weighted by atomic mass is 10.2. The van der Waals surface area contributed by atoms with Gasteiger partial charge in [0, 0.05) is 7.05 Å². The van der Waals surface area contributed by atoms with Crippen LogP contribution in [0.15, 0.2) is 24.3 Å². The number of methoxy groups -OCH3 is 1. The van der Waals surface area contributed by atoms with E-state index >= 15 is 0 Å². The van der Waals surface area contributed by atoms with Crippen LogP contribution in [0.5, 0.6) is 5.75 Å².